The van der Waals surface area contributed by atoms with E-state index in [1.54, 1.807) is 30.6 Å². The number of carbonyl (C=O) groups excluding carboxylic acids is 1. The van der Waals surface area contributed by atoms with E-state index in [0.717, 1.165) is 13.5 Å². The number of carbonyl (C=O) groups is 1. The predicted octanol–water partition coefficient (Wildman–Crippen LogP) is -0.607. The van der Waals surface area contributed by atoms with Crippen LogP contribution in [-0.4, -0.2) is 43.8 Å². The van der Waals surface area contributed by atoms with Crippen molar-refractivity contribution in [1.82, 2.24) is 9.97 Å². The molecule has 2 heterocycles. The van der Waals surface area contributed by atoms with Gasteiger partial charge in [-0.05, 0) is 90.3 Å². The Bertz CT molecular complexity index is 1320. The predicted molar refractivity (Wildman–Crippen MR) is 162 cm³/mol. The second kappa shape index (κ2) is 26.3. The Morgan fingerprint density at radius 3 is 1.73 bits per heavy atom. The summed E-state index contributed by atoms with van der Waals surface area (Å²) in [6.45, 7) is -0.181. The third-order valence-electron chi connectivity index (χ3n) is 4.05. The van der Waals surface area contributed by atoms with E-state index in [2.05, 4.69) is 62.6 Å². The van der Waals surface area contributed by atoms with Crippen LogP contribution in [-0.2, 0) is 9.68 Å². The van der Waals surface area contributed by atoms with E-state index in [1.165, 1.54) is 18.2 Å². The van der Waals surface area contributed by atoms with Crippen LogP contribution in [0.25, 0.3) is 11.3 Å². The van der Waals surface area contributed by atoms with E-state index in [1.807, 2.05) is 24.3 Å². The Balaban J connectivity index is -0.000000240. The van der Waals surface area contributed by atoms with E-state index in [0.29, 0.717) is 16.3 Å². The first-order valence-corrected chi connectivity index (χ1v) is 13.1. The van der Waals surface area contributed by atoms with Gasteiger partial charge in [0.15, 0.2) is 0 Å². The number of hydrogen-bond donors (Lipinski definition) is 4. The van der Waals surface area contributed by atoms with Crippen LogP contribution in [0.5, 0.6) is 11.5 Å². The summed E-state index contributed by atoms with van der Waals surface area (Å²) >= 11 is 21.2. The van der Waals surface area contributed by atoms with E-state index in [9.17, 15) is 5.11 Å². The van der Waals surface area contributed by atoms with Crippen molar-refractivity contribution in [1.29, 1.82) is 0 Å². The Morgan fingerprint density at radius 2 is 1.32 bits per heavy atom. The van der Waals surface area contributed by atoms with E-state index >= 15 is 0 Å². The standard InChI is InChI=1S/C11H7BrClNO.C6H6BClO3.C5H3Br2N.CH2O3.CH4.2K.H/c12-8-4-2-6-14-10(8)7-3-1-5-9(13)11(7)15;8-5-3-1-2-4(6(5)9)7(10)11;6-4-2-1-3-8-5(4)7;2-1-4-3;;;;/h1-6,15H;1-3,9-11H;1-3H;1,3H;1H4;;;/q;;;;;2*+1;-1/p-1. The minimum atomic E-state index is -1.69. The summed E-state index contributed by atoms with van der Waals surface area (Å²) in [5, 5.41) is 45.1. The number of halogens is 5. The normalized spacial score (nSPS) is 8.68. The maximum atomic E-state index is 9.78. The number of pyridine rings is 2. The van der Waals surface area contributed by atoms with E-state index in [4.69, 9.17) is 48.4 Å². The van der Waals surface area contributed by atoms with Gasteiger partial charge in [-0.2, -0.15) is 0 Å². The summed E-state index contributed by atoms with van der Waals surface area (Å²) in [7, 11) is -1.69. The van der Waals surface area contributed by atoms with Crippen molar-refractivity contribution in [2.45, 2.75) is 7.43 Å². The molecule has 0 unspecified atom stereocenters. The van der Waals surface area contributed by atoms with Gasteiger partial charge in [0.05, 0.1) is 20.2 Å². The van der Waals surface area contributed by atoms with Gasteiger partial charge in [-0.15, -0.1) is 0 Å². The SMILES string of the molecule is Brc1cccnc1Br.C.O=CO[O-].OB(O)c1cccc(Cl)c1O.Oc1c(Cl)cccc1-c1ncccc1Br.[H-].[K+].[K+]. The zero-order chi connectivity index (χ0) is 28.7. The van der Waals surface area contributed by atoms with Gasteiger partial charge in [-0.25, -0.2) is 4.98 Å². The van der Waals surface area contributed by atoms with Crippen LogP contribution >= 0.6 is 71.0 Å². The van der Waals surface area contributed by atoms with Crippen LogP contribution in [0.1, 0.15) is 8.85 Å². The molecule has 17 heteroatoms. The summed E-state index contributed by atoms with van der Waals surface area (Å²) in [5.41, 5.74) is 1.31. The quantitative estimate of drug-likeness (QED) is 0.0696. The molecular weight excluding hydrogens is 828 g/mol. The Kier molecular flexibility index (Phi) is 29.8. The van der Waals surface area contributed by atoms with Crippen molar-refractivity contribution in [3.05, 3.63) is 96.7 Å². The molecule has 0 saturated heterocycles. The fourth-order valence-electron chi connectivity index (χ4n) is 2.40. The Morgan fingerprint density at radius 1 is 0.829 bits per heavy atom. The number of hydrogen-bond acceptors (Lipinski definition) is 9. The number of para-hydroxylation sites is 2. The number of benzene rings is 2. The molecule has 0 radical (unpaired) electrons. The van der Waals surface area contributed by atoms with Crippen LogP contribution < -0.4 is 113 Å². The molecule has 2 aromatic heterocycles. The molecular formula is C24H22BBr3Cl2K2N2O7. The second-order valence-corrected chi connectivity index (χ2v) is 9.76. The molecule has 0 aliphatic carbocycles. The first-order chi connectivity index (χ1) is 18.0. The van der Waals surface area contributed by atoms with Crippen molar-refractivity contribution < 1.29 is 139 Å². The number of aromatic nitrogens is 2. The Labute approximate surface area is 359 Å². The number of aromatic hydroxyl groups is 2. The molecule has 41 heavy (non-hydrogen) atoms. The smallest absolute Gasteiger partial charge is 1.00 e. The summed E-state index contributed by atoms with van der Waals surface area (Å²) in [5.74, 6) is -0.234. The zero-order valence-electron chi connectivity index (χ0n) is 21.9. The fraction of sp³-hybridized carbons (Fsp3) is 0.0417. The molecule has 0 aliphatic heterocycles. The average Bonchev–Trinajstić information content (AvgIpc) is 2.90. The molecule has 2 aromatic carbocycles. The fourth-order valence-corrected chi connectivity index (χ4v) is 3.73. The first kappa shape index (κ1) is 46.5. The summed E-state index contributed by atoms with van der Waals surface area (Å²) in [4.78, 5) is 19.4. The molecule has 0 bridgehead atoms. The topological polar surface area (TPSA) is 156 Å². The van der Waals surface area contributed by atoms with Gasteiger partial charge >= 0.3 is 110 Å². The van der Waals surface area contributed by atoms with Gasteiger partial charge in [-0.3, -0.25) is 9.78 Å². The van der Waals surface area contributed by atoms with Crippen molar-refractivity contribution >= 4 is 90.0 Å². The molecule has 4 N–H and O–H groups in total. The van der Waals surface area contributed by atoms with Gasteiger partial charge in [0, 0.05) is 27.9 Å². The third kappa shape index (κ3) is 17.4. The third-order valence-corrected chi connectivity index (χ3v) is 7.10. The van der Waals surface area contributed by atoms with Crippen molar-refractivity contribution in [2.24, 2.45) is 0 Å². The van der Waals surface area contributed by atoms with Gasteiger partial charge in [0.1, 0.15) is 16.1 Å². The van der Waals surface area contributed by atoms with Crippen LogP contribution in [0.4, 0.5) is 0 Å². The largest absolute Gasteiger partial charge is 1.00 e. The maximum Gasteiger partial charge on any atom is 1.00 e. The molecule has 9 nitrogen and oxygen atoms in total. The van der Waals surface area contributed by atoms with Gasteiger partial charge in [0.2, 0.25) is 0 Å². The minimum absolute atomic E-state index is 0. The molecule has 0 spiro atoms. The van der Waals surface area contributed by atoms with Gasteiger partial charge in [0.25, 0.3) is 6.47 Å². The second-order valence-electron chi connectivity index (χ2n) is 6.49. The maximum absolute atomic E-state index is 9.78. The molecule has 4 aromatic rings. The average molecular weight is 850 g/mol. The Hall–Kier alpha value is 1.05. The van der Waals surface area contributed by atoms with Gasteiger partial charge in [-0.1, -0.05) is 48.8 Å². The van der Waals surface area contributed by atoms with Crippen molar-refractivity contribution in [3.8, 4) is 22.8 Å². The van der Waals surface area contributed by atoms with E-state index in [-0.39, 0.29) is 140 Å². The monoisotopic (exact) mass is 846 g/mol. The van der Waals surface area contributed by atoms with E-state index < -0.39 is 7.12 Å². The summed E-state index contributed by atoms with van der Waals surface area (Å²) in [6, 6.07) is 17.0. The number of nitrogens with zero attached hydrogens (tertiary/aromatic N) is 2. The number of phenols is 2. The van der Waals surface area contributed by atoms with Gasteiger partial charge < -0.3 is 31.8 Å². The molecule has 0 amide bonds. The molecule has 0 saturated carbocycles. The van der Waals surface area contributed by atoms with Crippen LogP contribution in [0, 0.1) is 0 Å². The number of phenolic OH excluding ortho intramolecular Hbond substituents is 2. The first-order valence-electron chi connectivity index (χ1n) is 9.95. The summed E-state index contributed by atoms with van der Waals surface area (Å²) < 4.78 is 2.66. The molecule has 210 valence electrons. The minimum Gasteiger partial charge on any atom is -1.00 e. The summed E-state index contributed by atoms with van der Waals surface area (Å²) in [6.07, 6.45) is 3.40. The number of rotatable bonds is 3. The van der Waals surface area contributed by atoms with Crippen LogP contribution in [0.15, 0.2) is 86.6 Å². The van der Waals surface area contributed by atoms with Crippen molar-refractivity contribution in [3.63, 3.8) is 0 Å². The zero-order valence-corrected chi connectivity index (χ0v) is 33.4. The van der Waals surface area contributed by atoms with Crippen LogP contribution in [0.2, 0.25) is 10.0 Å². The molecule has 0 atom stereocenters. The molecule has 0 fully saturated rings. The van der Waals surface area contributed by atoms with Crippen LogP contribution in [0.3, 0.4) is 0 Å². The van der Waals surface area contributed by atoms with Crippen molar-refractivity contribution in [2.75, 3.05) is 0 Å². The molecule has 0 aliphatic rings. The molecule has 4 rings (SSSR count).